The zero-order chi connectivity index (χ0) is 23.1. The summed E-state index contributed by atoms with van der Waals surface area (Å²) in [6.45, 7) is -1.01. The molecule has 0 bridgehead atoms. The molecule has 21 heteroatoms. The molecule has 0 amide bonds. The standard InChI is InChI=1S/C9H15N3O14P3.Hg/c10-5-1-2-12(9(15)11-5)8-7(14)6(13)4(24-8)3-23-28(19,20)26-29(21,22)25-27(16,17)18;/h2,4,6-8,13-14H,3H2,(H,19,20)(H,21,22)(H2,10,11,15)(H2,16,17,18);/t4-,6-,7-,8-;/m1./s1. The SMILES string of the molecule is Nc1nc(=O)n([C@@H]2O[C@H](COP(=O)(O)OP(=O)(O)OP(=O)(O)O)[C@@H](O)[C@H]2O)c[c]1[Hg]. The number of rotatable bonds is 8. The quantitative estimate of drug-likeness (QED) is 0.106. The van der Waals surface area contributed by atoms with Gasteiger partial charge in [0.1, 0.15) is 0 Å². The maximum atomic E-state index is 12.0. The number of nitrogen functional groups attached to an aromatic ring is 1. The zero-order valence-electron chi connectivity index (χ0n) is 14.6. The topological polar surface area (TPSA) is 270 Å². The first-order valence-electron chi connectivity index (χ1n) is 7.52. The summed E-state index contributed by atoms with van der Waals surface area (Å²) in [6.07, 6.45) is -5.15. The van der Waals surface area contributed by atoms with Crippen LogP contribution in [0.1, 0.15) is 6.23 Å². The van der Waals surface area contributed by atoms with E-state index in [1.54, 1.807) is 0 Å². The second-order valence-electron chi connectivity index (χ2n) is 5.77. The minimum absolute atomic E-state index is 0.0110. The molecule has 1 aromatic heterocycles. The molecule has 2 rings (SSSR count). The molecule has 0 aliphatic carbocycles. The van der Waals surface area contributed by atoms with Gasteiger partial charge in [-0.15, -0.1) is 0 Å². The number of phosphoric ester groups is 1. The van der Waals surface area contributed by atoms with E-state index in [2.05, 4.69) is 18.1 Å². The number of hydrogen-bond acceptors (Lipinski definition) is 12. The third kappa shape index (κ3) is 6.95. The number of nitrogens with two attached hydrogens (primary N) is 1. The van der Waals surface area contributed by atoms with Crippen LogP contribution in [0.4, 0.5) is 5.82 Å². The molecular formula is C9H15HgN3O14P3. The number of aliphatic hydroxyl groups is 2. The Morgan fingerprint density at radius 3 is 2.30 bits per heavy atom. The Balaban J connectivity index is 2.09. The first-order valence-corrected chi connectivity index (χ1v) is 14.8. The second kappa shape index (κ2) is 9.41. The first kappa shape index (κ1) is 26.2. The van der Waals surface area contributed by atoms with Gasteiger partial charge in [-0.25, -0.2) is 4.57 Å². The maximum absolute atomic E-state index is 12.0. The molecule has 17 nitrogen and oxygen atoms in total. The molecule has 8 N–H and O–H groups in total. The molecule has 2 heterocycles. The monoisotopic (exact) mass is 684 g/mol. The zero-order valence-corrected chi connectivity index (χ0v) is 22.7. The Morgan fingerprint density at radius 1 is 1.13 bits per heavy atom. The molecule has 0 spiro atoms. The van der Waals surface area contributed by atoms with Crippen molar-refractivity contribution in [2.45, 2.75) is 24.5 Å². The minimum atomic E-state index is -5.72. The summed E-state index contributed by atoms with van der Waals surface area (Å²) in [5.41, 5.74) is 4.64. The van der Waals surface area contributed by atoms with Crippen LogP contribution in [0.2, 0.25) is 0 Å². The average Bonchev–Trinajstić information content (AvgIpc) is 2.81. The third-order valence-corrected chi connectivity index (χ3v) is 9.41. The summed E-state index contributed by atoms with van der Waals surface area (Å²) in [5, 5.41) is 20.2. The van der Waals surface area contributed by atoms with Crippen molar-refractivity contribution in [1.82, 2.24) is 9.55 Å². The molecular weight excluding hydrogens is 668 g/mol. The van der Waals surface area contributed by atoms with E-state index in [0.717, 1.165) is 4.57 Å². The van der Waals surface area contributed by atoms with Gasteiger partial charge in [0.05, 0.1) is 0 Å². The van der Waals surface area contributed by atoms with Crippen molar-refractivity contribution in [3.63, 3.8) is 0 Å². The Morgan fingerprint density at radius 2 is 1.73 bits per heavy atom. The average molecular weight is 683 g/mol. The van der Waals surface area contributed by atoms with Crippen LogP contribution in [0, 0.1) is 0 Å². The molecule has 2 unspecified atom stereocenters. The van der Waals surface area contributed by atoms with Gasteiger partial charge in [-0.05, 0) is 0 Å². The van der Waals surface area contributed by atoms with Crippen LogP contribution in [0.15, 0.2) is 11.0 Å². The summed E-state index contributed by atoms with van der Waals surface area (Å²) in [6, 6.07) is 0. The number of hydrogen-bond donors (Lipinski definition) is 7. The molecule has 30 heavy (non-hydrogen) atoms. The predicted molar refractivity (Wildman–Crippen MR) is 88.3 cm³/mol. The Bertz CT molecular complexity index is 997. The van der Waals surface area contributed by atoms with E-state index >= 15 is 0 Å². The van der Waals surface area contributed by atoms with E-state index in [1.807, 2.05) is 0 Å². The van der Waals surface area contributed by atoms with Crippen molar-refractivity contribution in [3.8, 4) is 0 Å². The fourth-order valence-corrected chi connectivity index (χ4v) is 6.37. The van der Waals surface area contributed by atoms with E-state index in [1.165, 1.54) is 6.20 Å². The van der Waals surface area contributed by atoms with Gasteiger partial charge in [-0.1, -0.05) is 0 Å². The first-order chi connectivity index (χ1) is 13.5. The number of aliphatic hydroxyl groups excluding tert-OH is 2. The molecule has 1 saturated heterocycles. The van der Waals surface area contributed by atoms with Crippen molar-refractivity contribution < 1.29 is 87.5 Å². The normalized spacial score (nSPS) is 28.8. The second-order valence-corrected chi connectivity index (χ2v) is 13.2. The van der Waals surface area contributed by atoms with Gasteiger partial charge >= 0.3 is 169 Å². The van der Waals surface area contributed by atoms with Crippen molar-refractivity contribution in [1.29, 1.82) is 0 Å². The Kier molecular flexibility index (Phi) is 8.21. The molecule has 0 aromatic carbocycles. The number of nitrogens with zero attached hydrogens (tertiary/aromatic N) is 2. The molecule has 0 saturated carbocycles. The van der Waals surface area contributed by atoms with Crippen molar-refractivity contribution in [2.75, 3.05) is 12.3 Å². The number of phosphoric acid groups is 3. The predicted octanol–water partition coefficient (Wildman–Crippen LogP) is -3.04. The van der Waals surface area contributed by atoms with Crippen molar-refractivity contribution in [3.05, 3.63) is 16.7 Å². The molecule has 167 valence electrons. The summed E-state index contributed by atoms with van der Waals surface area (Å²) < 4.78 is 51.7. The van der Waals surface area contributed by atoms with Crippen LogP contribution in [0.5, 0.6) is 0 Å². The van der Waals surface area contributed by atoms with Gasteiger partial charge in [0.15, 0.2) is 0 Å². The van der Waals surface area contributed by atoms with Gasteiger partial charge in [-0.3, -0.25) is 0 Å². The van der Waals surface area contributed by atoms with Crippen molar-refractivity contribution >= 4 is 32.4 Å². The van der Waals surface area contributed by atoms with E-state index in [-0.39, 0.29) is 31.9 Å². The van der Waals surface area contributed by atoms with Gasteiger partial charge < -0.3 is 9.79 Å². The van der Waals surface area contributed by atoms with Crippen LogP contribution in [0.25, 0.3) is 0 Å². The van der Waals surface area contributed by atoms with Crippen molar-refractivity contribution in [2.24, 2.45) is 0 Å². The van der Waals surface area contributed by atoms with Crippen LogP contribution in [-0.2, 0) is 57.7 Å². The fraction of sp³-hybridized carbons (Fsp3) is 0.556. The molecule has 1 aromatic rings. The number of anilines is 1. The molecule has 0 radical (unpaired) electrons. The van der Waals surface area contributed by atoms with Gasteiger partial charge in [-0.2, -0.15) is 0 Å². The Hall–Kier alpha value is -0.0949. The summed E-state index contributed by atoms with van der Waals surface area (Å²) in [4.78, 5) is 50.9. The summed E-state index contributed by atoms with van der Waals surface area (Å²) >= 11 is -0.0572. The molecule has 1 fully saturated rings. The summed E-state index contributed by atoms with van der Waals surface area (Å²) in [5.74, 6) is 0.0110. The van der Waals surface area contributed by atoms with E-state index in [9.17, 15) is 33.6 Å². The van der Waals surface area contributed by atoms with Crippen LogP contribution >= 0.6 is 23.5 Å². The van der Waals surface area contributed by atoms with Crippen LogP contribution < -0.4 is 14.5 Å². The van der Waals surface area contributed by atoms with Crippen LogP contribution in [-0.4, -0.2) is 64.3 Å². The third-order valence-electron chi connectivity index (χ3n) is 3.49. The number of aromatic nitrogens is 2. The van der Waals surface area contributed by atoms with E-state index < -0.39 is 60.3 Å². The molecule has 1 aliphatic rings. The van der Waals surface area contributed by atoms with Gasteiger partial charge in [0.2, 0.25) is 0 Å². The Labute approximate surface area is 182 Å². The van der Waals surface area contributed by atoms with Gasteiger partial charge in [0, 0.05) is 0 Å². The van der Waals surface area contributed by atoms with Gasteiger partial charge in [0.25, 0.3) is 0 Å². The van der Waals surface area contributed by atoms with Crippen LogP contribution in [0.3, 0.4) is 0 Å². The van der Waals surface area contributed by atoms with E-state index in [4.69, 9.17) is 25.2 Å². The number of ether oxygens (including phenoxy) is 1. The molecule has 1 aliphatic heterocycles. The van der Waals surface area contributed by atoms with E-state index in [0.29, 0.717) is 3.07 Å². The fourth-order valence-electron chi connectivity index (χ4n) is 2.27. The summed E-state index contributed by atoms with van der Waals surface area (Å²) in [7, 11) is -16.7. The molecule has 6 atom stereocenters.